The highest BCUT2D eigenvalue weighted by Crippen LogP contribution is 2.33. The number of aromatic nitrogens is 1. The van der Waals surface area contributed by atoms with Crippen molar-refractivity contribution in [2.24, 2.45) is 0 Å². The summed E-state index contributed by atoms with van der Waals surface area (Å²) in [7, 11) is 1.86. The summed E-state index contributed by atoms with van der Waals surface area (Å²) in [4.78, 5) is 22.5. The molecule has 0 spiro atoms. The summed E-state index contributed by atoms with van der Waals surface area (Å²) in [6.07, 6.45) is 0.781. The van der Waals surface area contributed by atoms with Crippen LogP contribution >= 0.6 is 11.3 Å². The van der Waals surface area contributed by atoms with E-state index in [1.807, 2.05) is 57.4 Å². The molecule has 0 atom stereocenters. The van der Waals surface area contributed by atoms with Crippen molar-refractivity contribution in [3.63, 3.8) is 0 Å². The van der Waals surface area contributed by atoms with Crippen LogP contribution < -0.4 is 17.3 Å². The van der Waals surface area contributed by atoms with Gasteiger partial charge in [0.25, 0.3) is 5.91 Å². The lowest BCUT2D eigenvalue weighted by atomic mass is 10.1. The molecule has 0 radical (unpaired) electrons. The van der Waals surface area contributed by atoms with Crippen molar-refractivity contribution < 1.29 is 27.0 Å². The molecule has 4 aromatic rings. The SMILES string of the molecule is Cc1cc(C)c2sc(N(CCCN(C)C)C(=O)c3ccc(S(=O)(=O)N(C)Cc4ccccc4)cc3)nc2c1.[Cl-].[H+]. The standard InChI is InChI=1S/C29H34N4O3S2.ClH/c1-21-18-22(2)27-26(19-21)30-29(37-27)33(17-9-16-31(3)4)28(34)24-12-14-25(15-13-24)38(35,36)32(5)20-23-10-7-6-8-11-23;/h6-8,10-15,18-19H,9,16-17,20H2,1-5H3;1H. The van der Waals surface area contributed by atoms with Crippen LogP contribution in [-0.4, -0.2) is 62.7 Å². The number of anilines is 1. The fourth-order valence-electron chi connectivity index (χ4n) is 4.34. The second kappa shape index (κ2) is 13.0. The average Bonchev–Trinajstić information content (AvgIpc) is 3.31. The third-order valence-electron chi connectivity index (χ3n) is 6.33. The van der Waals surface area contributed by atoms with Gasteiger partial charge in [-0.2, -0.15) is 4.31 Å². The number of carbonyl (C=O) groups excluding carboxylic acids is 1. The lowest BCUT2D eigenvalue weighted by molar-refractivity contribution is -0.0000179. The predicted molar refractivity (Wildman–Crippen MR) is 157 cm³/mol. The molecule has 7 nitrogen and oxygen atoms in total. The average molecular weight is 587 g/mol. The van der Waals surface area contributed by atoms with Crippen LogP contribution in [0.2, 0.25) is 0 Å². The van der Waals surface area contributed by atoms with E-state index in [-0.39, 0.29) is 31.2 Å². The van der Waals surface area contributed by atoms with Crippen LogP contribution in [0, 0.1) is 13.8 Å². The van der Waals surface area contributed by atoms with E-state index in [1.165, 1.54) is 27.8 Å². The first-order valence-electron chi connectivity index (χ1n) is 12.5. The summed E-state index contributed by atoms with van der Waals surface area (Å²) in [6, 6.07) is 19.8. The molecule has 0 fully saturated rings. The minimum atomic E-state index is -3.71. The molecule has 4 rings (SSSR count). The van der Waals surface area contributed by atoms with Gasteiger partial charge in [-0.05, 0) is 87.9 Å². The highest BCUT2D eigenvalue weighted by molar-refractivity contribution is 7.89. The summed E-state index contributed by atoms with van der Waals surface area (Å²) in [5, 5.41) is 0.650. The molecular weight excluding hydrogens is 552 g/mol. The van der Waals surface area contributed by atoms with Crippen LogP contribution in [0.4, 0.5) is 5.13 Å². The second-order valence-corrected chi connectivity index (χ2v) is 12.8. The van der Waals surface area contributed by atoms with Gasteiger partial charge in [0.2, 0.25) is 10.0 Å². The number of benzene rings is 3. The smallest absolute Gasteiger partial charge is 1.00 e. The van der Waals surface area contributed by atoms with Crippen molar-refractivity contribution in [1.82, 2.24) is 14.2 Å². The predicted octanol–water partition coefficient (Wildman–Crippen LogP) is 2.45. The van der Waals surface area contributed by atoms with E-state index in [4.69, 9.17) is 4.98 Å². The number of hydrogen-bond acceptors (Lipinski definition) is 6. The summed E-state index contributed by atoms with van der Waals surface area (Å²) in [5.41, 5.74) is 4.48. The van der Waals surface area contributed by atoms with Gasteiger partial charge in [-0.1, -0.05) is 47.7 Å². The van der Waals surface area contributed by atoms with E-state index in [9.17, 15) is 13.2 Å². The van der Waals surface area contributed by atoms with Gasteiger partial charge in [0.15, 0.2) is 5.13 Å². The van der Waals surface area contributed by atoms with Crippen molar-refractivity contribution in [2.45, 2.75) is 31.7 Å². The number of fused-ring (bicyclic) bond motifs is 1. The lowest BCUT2D eigenvalue weighted by Crippen LogP contribution is -3.00. The Morgan fingerprint density at radius 3 is 2.26 bits per heavy atom. The van der Waals surface area contributed by atoms with Gasteiger partial charge >= 0.3 is 1.43 Å². The Hall–Kier alpha value is -2.82. The van der Waals surface area contributed by atoms with Crippen LogP contribution in [0.3, 0.4) is 0 Å². The Morgan fingerprint density at radius 1 is 0.949 bits per heavy atom. The summed E-state index contributed by atoms with van der Waals surface area (Å²) in [6.45, 7) is 5.70. The maximum atomic E-state index is 13.7. The quantitative estimate of drug-likeness (QED) is 0.285. The minimum Gasteiger partial charge on any atom is -1.00 e. The summed E-state index contributed by atoms with van der Waals surface area (Å²) < 4.78 is 28.7. The van der Waals surface area contributed by atoms with E-state index >= 15 is 0 Å². The Morgan fingerprint density at radius 2 is 1.62 bits per heavy atom. The third kappa shape index (κ3) is 7.23. The van der Waals surface area contributed by atoms with Crippen molar-refractivity contribution in [3.8, 4) is 0 Å². The Balaban J connectivity index is 0.00000280. The van der Waals surface area contributed by atoms with Gasteiger partial charge in [-0.15, -0.1) is 0 Å². The fraction of sp³-hybridized carbons (Fsp3) is 0.310. The maximum Gasteiger partial charge on any atom is 1.00 e. The molecule has 1 amide bonds. The van der Waals surface area contributed by atoms with Crippen LogP contribution in [0.15, 0.2) is 71.6 Å². The molecule has 0 bridgehead atoms. The number of thiazole rings is 1. The van der Waals surface area contributed by atoms with E-state index in [2.05, 4.69) is 17.9 Å². The molecule has 10 heteroatoms. The first-order chi connectivity index (χ1) is 18.1. The van der Waals surface area contributed by atoms with Crippen molar-refractivity contribution in [3.05, 3.63) is 89.0 Å². The van der Waals surface area contributed by atoms with E-state index < -0.39 is 10.0 Å². The molecule has 208 valence electrons. The van der Waals surface area contributed by atoms with Crippen molar-refractivity contribution in [2.75, 3.05) is 39.1 Å². The molecule has 39 heavy (non-hydrogen) atoms. The zero-order valence-electron chi connectivity index (χ0n) is 23.9. The van der Waals surface area contributed by atoms with Gasteiger partial charge in [0.05, 0.1) is 15.1 Å². The van der Waals surface area contributed by atoms with Crippen LogP contribution in [0.1, 0.15) is 34.9 Å². The largest absolute Gasteiger partial charge is 1.00 e. The summed E-state index contributed by atoms with van der Waals surface area (Å²) >= 11 is 1.51. The number of nitrogens with zero attached hydrogens (tertiary/aromatic N) is 4. The Kier molecular flexibility index (Phi) is 10.3. The first kappa shape index (κ1) is 30.7. The minimum absolute atomic E-state index is 0. The molecule has 1 heterocycles. The summed E-state index contributed by atoms with van der Waals surface area (Å²) in [5.74, 6) is -0.196. The van der Waals surface area contributed by atoms with Crippen molar-refractivity contribution >= 4 is 42.6 Å². The van der Waals surface area contributed by atoms with Crippen LogP contribution in [-0.2, 0) is 16.6 Å². The Bertz CT molecular complexity index is 1530. The lowest BCUT2D eigenvalue weighted by Gasteiger charge is -2.21. The topological polar surface area (TPSA) is 73.8 Å². The molecule has 0 unspecified atom stereocenters. The van der Waals surface area contributed by atoms with Gasteiger partial charge in [0, 0.05) is 25.7 Å². The fourth-order valence-corrected chi connectivity index (χ4v) is 6.54. The number of amides is 1. The van der Waals surface area contributed by atoms with E-state index in [0.29, 0.717) is 17.2 Å². The number of halogens is 1. The van der Waals surface area contributed by atoms with Gasteiger partial charge in [-0.25, -0.2) is 13.4 Å². The van der Waals surface area contributed by atoms with E-state index in [0.717, 1.165) is 39.9 Å². The molecular formula is C29H35ClN4O3S2. The number of rotatable bonds is 10. The van der Waals surface area contributed by atoms with Gasteiger partial charge in [0.1, 0.15) is 0 Å². The number of carbonyl (C=O) groups is 1. The molecule has 0 aliphatic heterocycles. The first-order valence-corrected chi connectivity index (χ1v) is 14.8. The van der Waals surface area contributed by atoms with Crippen LogP contribution in [0.5, 0.6) is 0 Å². The number of hydrogen-bond donors (Lipinski definition) is 0. The van der Waals surface area contributed by atoms with Gasteiger partial charge < -0.3 is 17.3 Å². The molecule has 0 saturated heterocycles. The van der Waals surface area contributed by atoms with E-state index in [1.54, 1.807) is 24.1 Å². The highest BCUT2D eigenvalue weighted by Gasteiger charge is 2.24. The molecule has 0 aliphatic rings. The second-order valence-electron chi connectivity index (χ2n) is 9.81. The van der Waals surface area contributed by atoms with Crippen molar-refractivity contribution in [1.29, 1.82) is 0 Å². The third-order valence-corrected chi connectivity index (χ3v) is 9.38. The monoisotopic (exact) mass is 586 g/mol. The molecule has 0 N–H and O–H groups in total. The Labute approximate surface area is 243 Å². The maximum absolute atomic E-state index is 13.7. The molecule has 3 aromatic carbocycles. The van der Waals surface area contributed by atoms with Gasteiger partial charge in [-0.3, -0.25) is 9.69 Å². The molecule has 0 saturated carbocycles. The number of sulfonamides is 1. The molecule has 1 aromatic heterocycles. The zero-order chi connectivity index (χ0) is 27.4. The highest BCUT2D eigenvalue weighted by atomic mass is 35.5. The molecule has 0 aliphatic carbocycles. The number of aryl methyl sites for hydroxylation is 2. The van der Waals surface area contributed by atoms with Crippen LogP contribution in [0.25, 0.3) is 10.2 Å². The normalized spacial score (nSPS) is 11.7. The zero-order valence-corrected chi connectivity index (χ0v) is 25.3.